The van der Waals surface area contributed by atoms with Gasteiger partial charge in [0.2, 0.25) is 10.0 Å². The minimum Gasteiger partial charge on any atom is -0.497 e. The number of allylic oxidation sites excluding steroid dienone is 1. The molecule has 1 aliphatic heterocycles. The molecule has 0 spiro atoms. The summed E-state index contributed by atoms with van der Waals surface area (Å²) < 4.78 is 31.8. The van der Waals surface area contributed by atoms with Crippen molar-refractivity contribution in [3.63, 3.8) is 0 Å². The Morgan fingerprint density at radius 1 is 0.950 bits per heavy atom. The highest BCUT2D eigenvalue weighted by atomic mass is 32.2. The molecule has 2 aliphatic rings. The Morgan fingerprint density at radius 3 is 2.00 bits per heavy atom. The Morgan fingerprint density at radius 2 is 1.50 bits per heavy atom. The first-order valence-electron chi connectivity index (χ1n) is 6.95. The van der Waals surface area contributed by atoms with E-state index in [0.29, 0.717) is 23.7 Å². The molecule has 108 valence electrons. The summed E-state index contributed by atoms with van der Waals surface area (Å²) in [5.41, 5.74) is 3.05. The van der Waals surface area contributed by atoms with E-state index in [1.165, 1.54) is 18.4 Å². The molecule has 1 aliphatic carbocycles. The highest BCUT2D eigenvalue weighted by molar-refractivity contribution is 7.89. The molecule has 20 heavy (non-hydrogen) atoms. The van der Waals surface area contributed by atoms with Crippen LogP contribution in [-0.4, -0.2) is 32.9 Å². The van der Waals surface area contributed by atoms with E-state index < -0.39 is 10.0 Å². The van der Waals surface area contributed by atoms with E-state index in [9.17, 15) is 8.42 Å². The van der Waals surface area contributed by atoms with Crippen LogP contribution in [0.4, 0.5) is 0 Å². The Bertz CT molecular complexity index is 616. The Kier molecular flexibility index (Phi) is 3.56. The predicted octanol–water partition coefficient (Wildman–Crippen LogP) is 2.57. The summed E-state index contributed by atoms with van der Waals surface area (Å²) in [4.78, 5) is 0.348. The van der Waals surface area contributed by atoms with E-state index >= 15 is 0 Å². The average Bonchev–Trinajstić information content (AvgIpc) is 3.32. The van der Waals surface area contributed by atoms with Crippen molar-refractivity contribution >= 4 is 10.0 Å². The molecular formula is C15H19NO3S. The van der Waals surface area contributed by atoms with Crippen molar-refractivity contribution in [2.45, 2.75) is 30.6 Å². The molecule has 1 saturated heterocycles. The molecule has 0 amide bonds. The zero-order valence-corrected chi connectivity index (χ0v) is 12.4. The van der Waals surface area contributed by atoms with Crippen LogP contribution in [0.25, 0.3) is 0 Å². The summed E-state index contributed by atoms with van der Waals surface area (Å²) in [6, 6.07) is 6.61. The smallest absolute Gasteiger partial charge is 0.243 e. The van der Waals surface area contributed by atoms with Gasteiger partial charge < -0.3 is 4.74 Å². The first-order valence-corrected chi connectivity index (χ1v) is 8.39. The number of methoxy groups -OCH3 is 1. The fraction of sp³-hybridized carbons (Fsp3) is 0.467. The predicted molar refractivity (Wildman–Crippen MR) is 77.2 cm³/mol. The molecule has 0 bridgehead atoms. The van der Waals surface area contributed by atoms with Crippen molar-refractivity contribution in [3.05, 3.63) is 35.4 Å². The number of hydrogen-bond donors (Lipinski definition) is 0. The lowest BCUT2D eigenvalue weighted by Crippen LogP contribution is -2.36. The van der Waals surface area contributed by atoms with E-state index in [2.05, 4.69) is 0 Å². The molecule has 2 fully saturated rings. The van der Waals surface area contributed by atoms with Gasteiger partial charge in [-0.2, -0.15) is 4.31 Å². The van der Waals surface area contributed by atoms with Crippen molar-refractivity contribution < 1.29 is 13.2 Å². The van der Waals surface area contributed by atoms with E-state index in [1.54, 1.807) is 41.3 Å². The molecule has 1 heterocycles. The lowest BCUT2D eigenvalue weighted by atomic mass is 10.1. The number of nitrogens with zero attached hydrogens (tertiary/aromatic N) is 1. The summed E-state index contributed by atoms with van der Waals surface area (Å²) >= 11 is 0. The number of sulfonamides is 1. The van der Waals surface area contributed by atoms with Crippen molar-refractivity contribution in [1.82, 2.24) is 4.31 Å². The SMILES string of the molecule is COc1ccc(S(=O)(=O)N2CCC(=C3CC3)CC2)cc1. The maximum atomic E-state index is 12.5. The van der Waals surface area contributed by atoms with Gasteiger partial charge in [0, 0.05) is 13.1 Å². The Hall–Kier alpha value is -1.33. The number of piperidine rings is 1. The van der Waals surface area contributed by atoms with Crippen molar-refractivity contribution in [3.8, 4) is 5.75 Å². The van der Waals surface area contributed by atoms with Crippen LogP contribution in [0.1, 0.15) is 25.7 Å². The van der Waals surface area contributed by atoms with Crippen LogP contribution in [0, 0.1) is 0 Å². The van der Waals surface area contributed by atoms with Gasteiger partial charge in [0.15, 0.2) is 0 Å². The number of benzene rings is 1. The molecule has 0 atom stereocenters. The molecule has 0 N–H and O–H groups in total. The topological polar surface area (TPSA) is 46.6 Å². The maximum Gasteiger partial charge on any atom is 0.243 e. The maximum absolute atomic E-state index is 12.5. The molecule has 0 unspecified atom stereocenters. The highest BCUT2D eigenvalue weighted by Gasteiger charge is 2.29. The summed E-state index contributed by atoms with van der Waals surface area (Å²) in [6.45, 7) is 1.21. The van der Waals surface area contributed by atoms with Gasteiger partial charge in [-0.05, 0) is 49.9 Å². The Balaban J connectivity index is 1.76. The largest absolute Gasteiger partial charge is 0.497 e. The molecular weight excluding hydrogens is 274 g/mol. The van der Waals surface area contributed by atoms with Crippen molar-refractivity contribution in [2.75, 3.05) is 20.2 Å². The Labute approximate surface area is 120 Å². The van der Waals surface area contributed by atoms with E-state index in [-0.39, 0.29) is 0 Å². The standard InChI is InChI=1S/C15H19NO3S/c1-19-14-4-6-15(7-5-14)20(17,18)16-10-8-13(9-11-16)12-2-3-12/h4-7H,2-3,8-11H2,1H3. The van der Waals surface area contributed by atoms with Crippen LogP contribution >= 0.6 is 0 Å². The highest BCUT2D eigenvalue weighted by Crippen LogP contribution is 2.36. The van der Waals surface area contributed by atoms with Crippen LogP contribution in [0.5, 0.6) is 5.75 Å². The molecule has 1 aromatic carbocycles. The monoisotopic (exact) mass is 293 g/mol. The molecule has 0 aromatic heterocycles. The van der Waals surface area contributed by atoms with Crippen LogP contribution in [0.15, 0.2) is 40.3 Å². The lowest BCUT2D eigenvalue weighted by Gasteiger charge is -2.27. The van der Waals surface area contributed by atoms with Gasteiger partial charge in [-0.1, -0.05) is 11.1 Å². The van der Waals surface area contributed by atoms with Crippen molar-refractivity contribution in [2.24, 2.45) is 0 Å². The van der Waals surface area contributed by atoms with E-state index in [1.807, 2.05) is 0 Å². The first-order chi connectivity index (χ1) is 9.61. The molecule has 5 heteroatoms. The lowest BCUT2D eigenvalue weighted by molar-refractivity contribution is 0.386. The van der Waals surface area contributed by atoms with Gasteiger partial charge in [-0.3, -0.25) is 0 Å². The number of rotatable bonds is 3. The third kappa shape index (κ3) is 2.60. The minimum absolute atomic E-state index is 0.348. The second kappa shape index (κ2) is 5.22. The van der Waals surface area contributed by atoms with Gasteiger partial charge in [-0.25, -0.2) is 8.42 Å². The summed E-state index contributed by atoms with van der Waals surface area (Å²) in [5.74, 6) is 0.670. The third-order valence-corrected chi connectivity index (χ3v) is 5.94. The quantitative estimate of drug-likeness (QED) is 0.805. The second-order valence-corrected chi connectivity index (χ2v) is 7.22. The van der Waals surface area contributed by atoms with Crippen LogP contribution in [0.2, 0.25) is 0 Å². The van der Waals surface area contributed by atoms with Crippen molar-refractivity contribution in [1.29, 1.82) is 0 Å². The van der Waals surface area contributed by atoms with Gasteiger partial charge in [0.1, 0.15) is 5.75 Å². The summed E-state index contributed by atoms with van der Waals surface area (Å²) in [7, 11) is -1.79. The molecule has 3 rings (SSSR count). The summed E-state index contributed by atoms with van der Waals surface area (Å²) in [5, 5.41) is 0. The van der Waals surface area contributed by atoms with E-state index in [0.717, 1.165) is 12.8 Å². The minimum atomic E-state index is -3.36. The first kappa shape index (κ1) is 13.6. The molecule has 0 radical (unpaired) electrons. The van der Waals surface area contributed by atoms with Crippen LogP contribution in [-0.2, 0) is 10.0 Å². The van der Waals surface area contributed by atoms with Gasteiger partial charge in [-0.15, -0.1) is 0 Å². The van der Waals surface area contributed by atoms with Gasteiger partial charge in [0.25, 0.3) is 0 Å². The number of ether oxygens (including phenoxy) is 1. The molecule has 4 nitrogen and oxygen atoms in total. The van der Waals surface area contributed by atoms with Crippen LogP contribution in [0.3, 0.4) is 0 Å². The van der Waals surface area contributed by atoms with E-state index in [4.69, 9.17) is 4.74 Å². The zero-order chi connectivity index (χ0) is 14.2. The number of hydrogen-bond acceptors (Lipinski definition) is 3. The van der Waals surface area contributed by atoms with Crippen LogP contribution < -0.4 is 4.74 Å². The summed E-state index contributed by atoms with van der Waals surface area (Å²) in [6.07, 6.45) is 4.23. The normalized spacial score (nSPS) is 20.1. The van der Waals surface area contributed by atoms with Gasteiger partial charge in [0.05, 0.1) is 12.0 Å². The average molecular weight is 293 g/mol. The zero-order valence-electron chi connectivity index (χ0n) is 11.6. The van der Waals surface area contributed by atoms with Gasteiger partial charge >= 0.3 is 0 Å². The fourth-order valence-electron chi connectivity index (χ4n) is 2.66. The second-order valence-electron chi connectivity index (χ2n) is 5.29. The molecule has 1 aromatic rings. The molecule has 1 saturated carbocycles. The fourth-order valence-corrected chi connectivity index (χ4v) is 4.10. The third-order valence-electron chi connectivity index (χ3n) is 4.02.